The zero-order valence-corrected chi connectivity index (χ0v) is 19.2. The standard InChI is InChI=1S/C23H24F5N3O5/c1-11(17(32)18(36-23(26,27)28)15-2-5-29-19(15)33)30-20(34)16-9-22(3-4-22)10-31(16)21(35)12-6-13(24)8-14(25)7-12/h6-8,11,15-16,18H,2-5,9-10H2,1H3,(H,29,33)(H,30,34)/t11?,15-,16-,18-/m0/s1. The van der Waals surface area contributed by atoms with Crippen LogP contribution in [0.15, 0.2) is 18.2 Å². The lowest BCUT2D eigenvalue weighted by Crippen LogP contribution is -2.53. The first-order valence-electron chi connectivity index (χ1n) is 11.4. The molecule has 1 aliphatic carbocycles. The molecule has 1 unspecified atom stereocenters. The molecule has 3 amide bonds. The number of hydrogen-bond donors (Lipinski definition) is 2. The predicted molar refractivity (Wildman–Crippen MR) is 112 cm³/mol. The van der Waals surface area contributed by atoms with Crippen molar-refractivity contribution >= 4 is 23.5 Å². The molecule has 1 aromatic rings. The van der Waals surface area contributed by atoms with Crippen molar-refractivity contribution in [2.45, 2.75) is 57.2 Å². The fourth-order valence-electron chi connectivity index (χ4n) is 4.90. The Morgan fingerprint density at radius 2 is 1.81 bits per heavy atom. The Balaban J connectivity index is 1.50. The topological polar surface area (TPSA) is 105 Å². The van der Waals surface area contributed by atoms with E-state index in [1.165, 1.54) is 4.90 Å². The smallest absolute Gasteiger partial charge is 0.356 e. The molecule has 2 heterocycles. The fraction of sp³-hybridized carbons (Fsp3) is 0.565. The van der Waals surface area contributed by atoms with Gasteiger partial charge in [-0.3, -0.25) is 23.9 Å². The van der Waals surface area contributed by atoms with Crippen molar-refractivity contribution in [3.05, 3.63) is 35.4 Å². The van der Waals surface area contributed by atoms with Gasteiger partial charge in [0.1, 0.15) is 23.8 Å². The van der Waals surface area contributed by atoms with Crippen molar-refractivity contribution in [2.75, 3.05) is 13.1 Å². The van der Waals surface area contributed by atoms with Gasteiger partial charge in [-0.05, 0) is 50.2 Å². The van der Waals surface area contributed by atoms with Crippen LogP contribution in [0, 0.1) is 23.0 Å². The number of halogens is 5. The molecule has 4 atom stereocenters. The number of ketones is 1. The minimum atomic E-state index is -5.19. The Morgan fingerprint density at radius 3 is 2.33 bits per heavy atom. The van der Waals surface area contributed by atoms with Gasteiger partial charge in [0.05, 0.1) is 12.0 Å². The molecule has 13 heteroatoms. The lowest BCUT2D eigenvalue weighted by molar-refractivity contribution is -0.341. The van der Waals surface area contributed by atoms with Crippen molar-refractivity contribution in [3.63, 3.8) is 0 Å². The minimum absolute atomic E-state index is 0.0520. The van der Waals surface area contributed by atoms with Crippen molar-refractivity contribution in [3.8, 4) is 0 Å². The highest BCUT2D eigenvalue weighted by Gasteiger charge is 2.55. The number of carbonyl (C=O) groups excluding carboxylic acids is 4. The maximum absolute atomic E-state index is 13.7. The van der Waals surface area contributed by atoms with E-state index in [0.717, 1.165) is 31.9 Å². The zero-order chi connectivity index (χ0) is 26.4. The lowest BCUT2D eigenvalue weighted by Gasteiger charge is -2.28. The summed E-state index contributed by atoms with van der Waals surface area (Å²) in [6.07, 6.45) is -5.72. The highest BCUT2D eigenvalue weighted by molar-refractivity contribution is 6.00. The number of nitrogens with zero attached hydrogens (tertiary/aromatic N) is 1. The number of ether oxygens (including phenoxy) is 1. The molecule has 8 nitrogen and oxygen atoms in total. The molecule has 2 N–H and O–H groups in total. The third-order valence-electron chi connectivity index (χ3n) is 6.92. The van der Waals surface area contributed by atoms with Gasteiger partial charge in [-0.25, -0.2) is 8.78 Å². The molecule has 0 radical (unpaired) electrons. The van der Waals surface area contributed by atoms with Crippen LogP contribution in [0.5, 0.6) is 0 Å². The zero-order valence-electron chi connectivity index (χ0n) is 19.2. The quantitative estimate of drug-likeness (QED) is 0.539. The van der Waals surface area contributed by atoms with E-state index in [4.69, 9.17) is 0 Å². The van der Waals surface area contributed by atoms with Gasteiger partial charge in [-0.1, -0.05) is 0 Å². The number of likely N-dealkylation sites (tertiary alicyclic amines) is 1. The largest absolute Gasteiger partial charge is 0.523 e. The summed E-state index contributed by atoms with van der Waals surface area (Å²) >= 11 is 0. The second-order valence-corrected chi connectivity index (χ2v) is 9.61. The Bertz CT molecular complexity index is 1070. The molecule has 2 saturated heterocycles. The third kappa shape index (κ3) is 5.50. The van der Waals surface area contributed by atoms with E-state index < -0.39 is 65.6 Å². The molecular formula is C23H24F5N3O5. The number of amides is 3. The molecule has 196 valence electrons. The van der Waals surface area contributed by atoms with Crippen molar-refractivity contribution in [1.29, 1.82) is 0 Å². The molecule has 3 aliphatic rings. The van der Waals surface area contributed by atoms with Crippen LogP contribution >= 0.6 is 0 Å². The average Bonchev–Trinajstić information content (AvgIpc) is 3.21. The second-order valence-electron chi connectivity index (χ2n) is 9.61. The van der Waals surface area contributed by atoms with Gasteiger partial charge in [0.15, 0.2) is 5.78 Å². The first-order valence-corrected chi connectivity index (χ1v) is 11.4. The van der Waals surface area contributed by atoms with Crippen LogP contribution in [0.3, 0.4) is 0 Å². The summed E-state index contributed by atoms with van der Waals surface area (Å²) in [5.74, 6) is -6.80. The normalized spacial score (nSPS) is 24.4. The van der Waals surface area contributed by atoms with Crippen molar-refractivity contribution in [2.24, 2.45) is 11.3 Å². The van der Waals surface area contributed by atoms with Crippen LogP contribution in [0.1, 0.15) is 43.0 Å². The minimum Gasteiger partial charge on any atom is -0.356 e. The summed E-state index contributed by atoms with van der Waals surface area (Å²) in [4.78, 5) is 52.1. The van der Waals surface area contributed by atoms with Gasteiger partial charge in [0.2, 0.25) is 11.8 Å². The van der Waals surface area contributed by atoms with E-state index in [0.29, 0.717) is 6.07 Å². The number of alkyl halides is 3. The van der Waals surface area contributed by atoms with Gasteiger partial charge < -0.3 is 15.5 Å². The molecule has 4 rings (SSSR count). The summed E-state index contributed by atoms with van der Waals surface area (Å²) in [7, 11) is 0. The van der Waals surface area contributed by atoms with Gasteiger partial charge in [0.25, 0.3) is 5.91 Å². The van der Waals surface area contributed by atoms with Gasteiger partial charge in [-0.2, -0.15) is 0 Å². The summed E-state index contributed by atoms with van der Waals surface area (Å²) in [5, 5.41) is 4.69. The Morgan fingerprint density at radius 1 is 1.17 bits per heavy atom. The number of Topliss-reactive ketones (excluding diaryl/α,β-unsaturated/α-hetero) is 1. The van der Waals surface area contributed by atoms with Crippen molar-refractivity contribution in [1.82, 2.24) is 15.5 Å². The van der Waals surface area contributed by atoms with E-state index in [2.05, 4.69) is 15.4 Å². The number of hydrogen-bond acceptors (Lipinski definition) is 5. The third-order valence-corrected chi connectivity index (χ3v) is 6.92. The molecule has 0 aromatic heterocycles. The first-order chi connectivity index (χ1) is 16.8. The molecule has 2 aliphatic heterocycles. The van der Waals surface area contributed by atoms with Crippen LogP contribution in [0.4, 0.5) is 22.0 Å². The molecule has 0 bridgehead atoms. The van der Waals surface area contributed by atoms with Crippen LogP contribution in [-0.4, -0.2) is 66.0 Å². The van der Waals surface area contributed by atoms with E-state index in [1.54, 1.807) is 0 Å². The average molecular weight is 517 g/mol. The van der Waals surface area contributed by atoms with Crippen LogP contribution in [-0.2, 0) is 19.1 Å². The number of benzene rings is 1. The lowest BCUT2D eigenvalue weighted by atomic mass is 9.93. The van der Waals surface area contributed by atoms with Crippen LogP contribution in [0.2, 0.25) is 0 Å². The van der Waals surface area contributed by atoms with Gasteiger partial charge in [-0.15, -0.1) is 13.2 Å². The van der Waals surface area contributed by atoms with E-state index in [9.17, 15) is 41.1 Å². The van der Waals surface area contributed by atoms with E-state index >= 15 is 0 Å². The fourth-order valence-corrected chi connectivity index (χ4v) is 4.90. The number of carbonyl (C=O) groups is 4. The van der Waals surface area contributed by atoms with Gasteiger partial charge >= 0.3 is 6.36 Å². The summed E-state index contributed by atoms with van der Waals surface area (Å²) in [5.41, 5.74) is -0.626. The molecule has 1 aromatic carbocycles. The molecule has 36 heavy (non-hydrogen) atoms. The van der Waals surface area contributed by atoms with Crippen LogP contribution in [0.25, 0.3) is 0 Å². The Kier molecular flexibility index (Phi) is 6.80. The predicted octanol–water partition coefficient (Wildman–Crippen LogP) is 2.07. The molecule has 1 saturated carbocycles. The highest BCUT2D eigenvalue weighted by atomic mass is 19.4. The van der Waals surface area contributed by atoms with E-state index in [-0.39, 0.29) is 36.9 Å². The first kappa shape index (κ1) is 26.0. The van der Waals surface area contributed by atoms with Gasteiger partial charge in [0, 0.05) is 24.7 Å². The summed E-state index contributed by atoms with van der Waals surface area (Å²) in [6.45, 7) is 1.40. The highest BCUT2D eigenvalue weighted by Crippen LogP contribution is 2.55. The van der Waals surface area contributed by atoms with Crippen molar-refractivity contribution < 1.29 is 45.9 Å². The molecule has 3 fully saturated rings. The number of nitrogens with one attached hydrogen (secondary N) is 2. The second kappa shape index (κ2) is 9.41. The Labute approximate surface area is 202 Å². The monoisotopic (exact) mass is 517 g/mol. The Hall–Kier alpha value is -3.09. The molecule has 1 spiro atoms. The summed E-state index contributed by atoms with van der Waals surface area (Å²) < 4.78 is 70.2. The SMILES string of the molecule is CC(NC(=O)[C@@H]1CC2(CC2)CN1C(=O)c1cc(F)cc(F)c1)C(=O)[C@@H](OC(F)(F)F)[C@@H]1CCNC1=O. The maximum Gasteiger partial charge on any atom is 0.523 e. The summed E-state index contributed by atoms with van der Waals surface area (Å²) in [6, 6.07) is -0.285. The maximum atomic E-state index is 13.7. The van der Waals surface area contributed by atoms with E-state index in [1.807, 2.05) is 0 Å². The molecular weight excluding hydrogens is 493 g/mol. The van der Waals surface area contributed by atoms with Crippen LogP contribution < -0.4 is 10.6 Å². The number of rotatable bonds is 7.